The van der Waals surface area contributed by atoms with Gasteiger partial charge in [0.2, 0.25) is 0 Å². The van der Waals surface area contributed by atoms with Gasteiger partial charge in [-0.3, -0.25) is 14.6 Å². The fourth-order valence-electron chi connectivity index (χ4n) is 3.72. The van der Waals surface area contributed by atoms with Gasteiger partial charge in [-0.25, -0.2) is 4.98 Å². The maximum atomic E-state index is 10.8. The molecule has 1 aliphatic rings. The lowest BCUT2D eigenvalue weighted by Crippen LogP contribution is -2.47. The molecule has 0 bridgehead atoms. The highest BCUT2D eigenvalue weighted by Gasteiger charge is 2.20. The summed E-state index contributed by atoms with van der Waals surface area (Å²) in [6.07, 6.45) is 0. The molecule has 0 spiro atoms. The van der Waals surface area contributed by atoms with E-state index in [1.54, 1.807) is 0 Å². The third-order valence-electron chi connectivity index (χ3n) is 5.23. The molecule has 1 saturated heterocycles. The molecule has 0 aliphatic carbocycles. The van der Waals surface area contributed by atoms with Gasteiger partial charge < -0.3 is 14.3 Å². The molecule has 0 atom stereocenters. The van der Waals surface area contributed by atoms with E-state index in [9.17, 15) is 4.79 Å². The summed E-state index contributed by atoms with van der Waals surface area (Å²) in [5.74, 6) is 0.822. The van der Waals surface area contributed by atoms with Gasteiger partial charge in [-0.05, 0) is 30.3 Å². The first-order valence-corrected chi connectivity index (χ1v) is 10.7. The quantitative estimate of drug-likeness (QED) is 0.501. The first kappa shape index (κ1) is 19.0. The van der Waals surface area contributed by atoms with E-state index >= 15 is 0 Å². The normalized spacial score (nSPS) is 15.7. The number of nitrogens with zero attached hydrogens (tertiary/aromatic N) is 3. The third-order valence-corrected chi connectivity index (χ3v) is 6.14. The number of carboxylic acids is 1. The second-order valence-corrected chi connectivity index (χ2v) is 8.40. The molecular weight excluding hydrogens is 402 g/mol. The van der Waals surface area contributed by atoms with Crippen molar-refractivity contribution in [2.24, 2.45) is 0 Å². The van der Waals surface area contributed by atoms with E-state index in [0.29, 0.717) is 17.5 Å². The van der Waals surface area contributed by atoms with Gasteiger partial charge >= 0.3 is 5.97 Å². The van der Waals surface area contributed by atoms with Crippen LogP contribution >= 0.6 is 11.3 Å². The van der Waals surface area contributed by atoms with Crippen molar-refractivity contribution in [3.8, 4) is 10.9 Å². The monoisotopic (exact) mass is 423 g/mol. The number of carboxylic acid groups (broad SMARTS) is 1. The number of piperazine rings is 1. The molecule has 30 heavy (non-hydrogen) atoms. The largest absolute Gasteiger partial charge is 0.480 e. The highest BCUT2D eigenvalue weighted by atomic mass is 32.1. The fraction of sp³-hybridized carbons (Fsp3) is 0.273. The Morgan fingerprint density at radius 2 is 1.90 bits per heavy atom. The summed E-state index contributed by atoms with van der Waals surface area (Å²) in [4.78, 5) is 19.6. The Hall–Kier alpha value is -2.94. The lowest BCUT2D eigenvalue weighted by atomic mass is 10.2. The zero-order valence-corrected chi connectivity index (χ0v) is 17.1. The molecule has 7 nitrogen and oxygen atoms in total. The first-order chi connectivity index (χ1) is 14.6. The summed E-state index contributed by atoms with van der Waals surface area (Å²) < 4.78 is 13.1. The van der Waals surface area contributed by atoms with Crippen molar-refractivity contribution >= 4 is 38.5 Å². The van der Waals surface area contributed by atoms with Gasteiger partial charge in [0.1, 0.15) is 17.1 Å². The number of rotatable bonds is 6. The molecule has 0 amide bonds. The fourth-order valence-corrected chi connectivity index (χ4v) is 4.56. The van der Waals surface area contributed by atoms with Gasteiger partial charge in [0.05, 0.1) is 23.3 Å². The molecule has 0 unspecified atom stereocenters. The molecule has 1 fully saturated rings. The molecule has 2 aromatic heterocycles. The molecule has 1 aliphatic heterocycles. The van der Waals surface area contributed by atoms with E-state index in [1.165, 1.54) is 11.3 Å². The van der Waals surface area contributed by atoms with Crippen LogP contribution in [0.4, 0.5) is 0 Å². The predicted octanol–water partition coefficient (Wildman–Crippen LogP) is 4.04. The number of aromatic nitrogens is 1. The highest BCUT2D eigenvalue weighted by Crippen LogP contribution is 2.33. The van der Waals surface area contributed by atoms with Crippen molar-refractivity contribution in [1.29, 1.82) is 0 Å². The van der Waals surface area contributed by atoms with Gasteiger partial charge in [0, 0.05) is 37.6 Å². The number of fused-ring (bicyclic) bond motifs is 2. The lowest BCUT2D eigenvalue weighted by Gasteiger charge is -2.33. The van der Waals surface area contributed by atoms with Crippen LogP contribution in [-0.4, -0.2) is 58.6 Å². The second-order valence-electron chi connectivity index (χ2n) is 7.41. The van der Waals surface area contributed by atoms with Crippen LogP contribution in [-0.2, 0) is 11.3 Å². The van der Waals surface area contributed by atoms with Crippen molar-refractivity contribution in [1.82, 2.24) is 14.8 Å². The summed E-state index contributed by atoms with van der Waals surface area (Å²) in [5, 5.41) is 10.6. The van der Waals surface area contributed by atoms with E-state index in [2.05, 4.69) is 16.0 Å². The zero-order chi connectivity index (χ0) is 20.5. The summed E-state index contributed by atoms with van der Waals surface area (Å²) >= 11 is 1.52. The zero-order valence-electron chi connectivity index (χ0n) is 16.3. The second kappa shape index (κ2) is 8.06. The van der Waals surface area contributed by atoms with E-state index < -0.39 is 5.97 Å². The minimum absolute atomic E-state index is 0.107. The number of carbonyl (C=O) groups is 1. The molecule has 0 radical (unpaired) electrons. The average Bonchev–Trinajstić information content (AvgIpc) is 3.31. The summed E-state index contributed by atoms with van der Waals surface area (Å²) in [6, 6.07) is 15.8. The van der Waals surface area contributed by atoms with Gasteiger partial charge in [0.15, 0.2) is 0 Å². The highest BCUT2D eigenvalue weighted by molar-refractivity contribution is 7.20. The third kappa shape index (κ3) is 4.16. The molecule has 3 heterocycles. The topological polar surface area (TPSA) is 79.0 Å². The predicted molar refractivity (Wildman–Crippen MR) is 115 cm³/mol. The average molecular weight is 423 g/mol. The molecular formula is C22H21N3O4S. The van der Waals surface area contributed by atoms with Crippen molar-refractivity contribution in [2.45, 2.75) is 6.54 Å². The Kier molecular flexibility index (Phi) is 5.12. The molecule has 8 heteroatoms. The van der Waals surface area contributed by atoms with Gasteiger partial charge in [-0.15, -0.1) is 0 Å². The van der Waals surface area contributed by atoms with E-state index in [-0.39, 0.29) is 6.54 Å². The maximum Gasteiger partial charge on any atom is 0.317 e. The Bertz CT molecular complexity index is 1160. The number of hydrogen-bond acceptors (Lipinski definition) is 7. The van der Waals surface area contributed by atoms with Gasteiger partial charge in [-0.2, -0.15) is 0 Å². The smallest absolute Gasteiger partial charge is 0.317 e. The van der Waals surface area contributed by atoms with Crippen molar-refractivity contribution in [2.75, 3.05) is 32.7 Å². The van der Waals surface area contributed by atoms with Crippen molar-refractivity contribution < 1.29 is 19.1 Å². The van der Waals surface area contributed by atoms with Crippen LogP contribution in [0.25, 0.3) is 21.2 Å². The van der Waals surface area contributed by atoms with Gasteiger partial charge in [0.25, 0.3) is 5.19 Å². The molecule has 4 aromatic rings. The van der Waals surface area contributed by atoms with Crippen LogP contribution in [0.2, 0.25) is 0 Å². The van der Waals surface area contributed by atoms with E-state index in [0.717, 1.165) is 53.1 Å². The number of furan rings is 1. The number of thiazole rings is 1. The number of ether oxygens (including phenoxy) is 1. The number of aliphatic carboxylic acids is 1. The lowest BCUT2D eigenvalue weighted by molar-refractivity contribution is -0.138. The summed E-state index contributed by atoms with van der Waals surface area (Å²) in [7, 11) is 0. The standard InChI is InChI=1S/C22H21N3O4S/c26-21(27)14-25-9-7-24(8-10-25)13-17-11-15-5-6-16(12-19(15)28-17)29-22-23-18-3-1-2-4-20(18)30-22/h1-6,11-12H,7-10,13-14H2,(H,26,27). The van der Waals surface area contributed by atoms with E-state index in [4.69, 9.17) is 14.3 Å². The van der Waals surface area contributed by atoms with Crippen LogP contribution in [0.1, 0.15) is 5.76 Å². The maximum absolute atomic E-state index is 10.8. The molecule has 5 rings (SSSR count). The van der Waals surface area contributed by atoms with Crippen LogP contribution in [0.3, 0.4) is 0 Å². The number of hydrogen-bond donors (Lipinski definition) is 1. The molecule has 1 N–H and O–H groups in total. The Balaban J connectivity index is 1.25. The Morgan fingerprint density at radius 1 is 1.10 bits per heavy atom. The van der Waals surface area contributed by atoms with Crippen LogP contribution in [0, 0.1) is 0 Å². The van der Waals surface area contributed by atoms with Crippen LogP contribution in [0.15, 0.2) is 52.9 Å². The van der Waals surface area contributed by atoms with Crippen molar-refractivity contribution in [3.63, 3.8) is 0 Å². The summed E-state index contributed by atoms with van der Waals surface area (Å²) in [5.41, 5.74) is 1.72. The number of benzene rings is 2. The van der Waals surface area contributed by atoms with E-state index in [1.807, 2.05) is 47.4 Å². The van der Waals surface area contributed by atoms with Crippen LogP contribution < -0.4 is 4.74 Å². The SMILES string of the molecule is O=C(O)CN1CCN(Cc2cc3ccc(Oc4nc5ccccc5s4)cc3o2)CC1. The first-order valence-electron chi connectivity index (χ1n) is 9.85. The minimum Gasteiger partial charge on any atom is -0.480 e. The Labute approximate surface area is 177 Å². The summed E-state index contributed by atoms with van der Waals surface area (Å²) in [6.45, 7) is 3.99. The minimum atomic E-state index is -0.774. The van der Waals surface area contributed by atoms with Gasteiger partial charge in [-0.1, -0.05) is 23.5 Å². The Morgan fingerprint density at radius 3 is 2.70 bits per heavy atom. The molecule has 154 valence electrons. The van der Waals surface area contributed by atoms with Crippen LogP contribution in [0.5, 0.6) is 10.9 Å². The number of para-hydroxylation sites is 1. The van der Waals surface area contributed by atoms with Crippen molar-refractivity contribution in [3.05, 3.63) is 54.3 Å². The molecule has 2 aromatic carbocycles. The molecule has 0 saturated carbocycles.